The SMILES string of the molecule is CC(=O)Nc1ccccc1C(=O)CCCN. The summed E-state index contributed by atoms with van der Waals surface area (Å²) in [6.45, 7) is 1.91. The van der Waals surface area contributed by atoms with Crippen LogP contribution in [0.3, 0.4) is 0 Å². The van der Waals surface area contributed by atoms with E-state index in [4.69, 9.17) is 5.73 Å². The Balaban J connectivity index is 2.85. The Kier molecular flexibility index (Phi) is 4.66. The molecular formula is C12H16N2O2. The number of Topliss-reactive ketones (excluding diaryl/α,β-unsaturated/α-hetero) is 1. The van der Waals surface area contributed by atoms with E-state index in [1.165, 1.54) is 6.92 Å². The minimum absolute atomic E-state index is 0.00907. The molecule has 0 aliphatic heterocycles. The van der Waals surface area contributed by atoms with Gasteiger partial charge in [-0.1, -0.05) is 12.1 Å². The van der Waals surface area contributed by atoms with E-state index in [0.29, 0.717) is 30.6 Å². The summed E-state index contributed by atoms with van der Waals surface area (Å²) < 4.78 is 0. The first-order valence-corrected chi connectivity index (χ1v) is 5.25. The fourth-order valence-electron chi connectivity index (χ4n) is 1.42. The van der Waals surface area contributed by atoms with Crippen LogP contribution in [-0.4, -0.2) is 18.2 Å². The van der Waals surface area contributed by atoms with Gasteiger partial charge >= 0.3 is 0 Å². The molecule has 0 aliphatic carbocycles. The number of amides is 1. The monoisotopic (exact) mass is 220 g/mol. The summed E-state index contributed by atoms with van der Waals surface area (Å²) >= 11 is 0. The largest absolute Gasteiger partial charge is 0.330 e. The number of benzene rings is 1. The van der Waals surface area contributed by atoms with E-state index in [-0.39, 0.29) is 11.7 Å². The predicted octanol–water partition coefficient (Wildman–Crippen LogP) is 1.57. The third kappa shape index (κ3) is 3.47. The fourth-order valence-corrected chi connectivity index (χ4v) is 1.42. The number of anilines is 1. The molecule has 0 saturated carbocycles. The van der Waals surface area contributed by atoms with Gasteiger partial charge < -0.3 is 11.1 Å². The molecule has 86 valence electrons. The Morgan fingerprint density at radius 3 is 2.62 bits per heavy atom. The molecule has 4 heteroatoms. The Labute approximate surface area is 94.8 Å². The second-order valence-corrected chi connectivity index (χ2v) is 3.54. The Hall–Kier alpha value is -1.68. The van der Waals surface area contributed by atoms with E-state index < -0.39 is 0 Å². The number of rotatable bonds is 5. The van der Waals surface area contributed by atoms with Gasteiger partial charge in [0.05, 0.1) is 5.69 Å². The molecule has 0 saturated heterocycles. The lowest BCUT2D eigenvalue weighted by Crippen LogP contribution is -2.11. The average molecular weight is 220 g/mol. The molecule has 0 unspecified atom stereocenters. The van der Waals surface area contributed by atoms with E-state index in [2.05, 4.69) is 5.32 Å². The van der Waals surface area contributed by atoms with Gasteiger partial charge in [-0.3, -0.25) is 9.59 Å². The first kappa shape index (κ1) is 12.4. The van der Waals surface area contributed by atoms with Crippen LogP contribution in [0.5, 0.6) is 0 Å². The van der Waals surface area contributed by atoms with Gasteiger partial charge in [0, 0.05) is 18.9 Å². The first-order chi connectivity index (χ1) is 7.65. The van der Waals surface area contributed by atoms with Crippen molar-refractivity contribution in [2.45, 2.75) is 19.8 Å². The van der Waals surface area contributed by atoms with Crippen molar-refractivity contribution in [1.29, 1.82) is 0 Å². The van der Waals surface area contributed by atoms with E-state index in [1.807, 2.05) is 0 Å². The molecule has 4 nitrogen and oxygen atoms in total. The smallest absolute Gasteiger partial charge is 0.221 e. The van der Waals surface area contributed by atoms with Crippen molar-refractivity contribution in [3.8, 4) is 0 Å². The van der Waals surface area contributed by atoms with Crippen molar-refractivity contribution in [2.75, 3.05) is 11.9 Å². The summed E-state index contributed by atoms with van der Waals surface area (Å²) in [5.74, 6) is -0.172. The zero-order chi connectivity index (χ0) is 12.0. The molecule has 0 aliphatic rings. The van der Waals surface area contributed by atoms with Crippen LogP contribution in [0.1, 0.15) is 30.1 Å². The molecule has 16 heavy (non-hydrogen) atoms. The molecule has 0 fully saturated rings. The lowest BCUT2D eigenvalue weighted by Gasteiger charge is -2.08. The quantitative estimate of drug-likeness (QED) is 0.740. The standard InChI is InChI=1S/C12H16N2O2/c1-9(15)14-11-6-3-2-5-10(11)12(16)7-4-8-13/h2-3,5-6H,4,7-8,13H2,1H3,(H,14,15). The van der Waals surface area contributed by atoms with Crippen LogP contribution in [-0.2, 0) is 4.79 Å². The molecule has 1 amide bonds. The van der Waals surface area contributed by atoms with Crippen LogP contribution < -0.4 is 11.1 Å². The number of nitrogens with one attached hydrogen (secondary N) is 1. The summed E-state index contributed by atoms with van der Waals surface area (Å²) in [6, 6.07) is 6.99. The number of hydrogen-bond acceptors (Lipinski definition) is 3. The van der Waals surface area contributed by atoms with Crippen LogP contribution >= 0.6 is 0 Å². The van der Waals surface area contributed by atoms with Gasteiger partial charge in [0.15, 0.2) is 5.78 Å². The summed E-state index contributed by atoms with van der Waals surface area (Å²) in [4.78, 5) is 22.8. The highest BCUT2D eigenvalue weighted by atomic mass is 16.1. The van der Waals surface area contributed by atoms with Gasteiger partial charge in [0.2, 0.25) is 5.91 Å². The molecule has 3 N–H and O–H groups in total. The summed E-state index contributed by atoms with van der Waals surface area (Å²) in [7, 11) is 0. The van der Waals surface area contributed by atoms with Crippen molar-refractivity contribution in [1.82, 2.24) is 0 Å². The van der Waals surface area contributed by atoms with Crippen molar-refractivity contribution in [2.24, 2.45) is 5.73 Å². The van der Waals surface area contributed by atoms with Crippen LogP contribution in [0.4, 0.5) is 5.69 Å². The van der Waals surface area contributed by atoms with E-state index >= 15 is 0 Å². The second-order valence-electron chi connectivity index (χ2n) is 3.54. The molecule has 0 atom stereocenters. The predicted molar refractivity (Wildman–Crippen MR) is 63.4 cm³/mol. The van der Waals surface area contributed by atoms with E-state index in [0.717, 1.165) is 0 Å². The number of carbonyl (C=O) groups excluding carboxylic acids is 2. The number of hydrogen-bond donors (Lipinski definition) is 2. The maximum Gasteiger partial charge on any atom is 0.221 e. The Bertz CT molecular complexity index is 388. The molecular weight excluding hydrogens is 204 g/mol. The lowest BCUT2D eigenvalue weighted by molar-refractivity contribution is -0.114. The van der Waals surface area contributed by atoms with Crippen LogP contribution in [0.25, 0.3) is 0 Å². The molecule has 1 aromatic rings. The van der Waals surface area contributed by atoms with Gasteiger partial charge in [0.25, 0.3) is 0 Å². The van der Waals surface area contributed by atoms with E-state index in [1.54, 1.807) is 24.3 Å². The van der Waals surface area contributed by atoms with Gasteiger partial charge in [-0.05, 0) is 25.1 Å². The molecule has 0 heterocycles. The molecule has 0 aromatic heterocycles. The Morgan fingerprint density at radius 1 is 1.31 bits per heavy atom. The summed E-state index contributed by atoms with van der Waals surface area (Å²) in [6.07, 6.45) is 1.07. The van der Waals surface area contributed by atoms with Gasteiger partial charge in [0.1, 0.15) is 0 Å². The molecule has 0 spiro atoms. The Morgan fingerprint density at radius 2 is 2.00 bits per heavy atom. The van der Waals surface area contributed by atoms with Crippen LogP contribution in [0.15, 0.2) is 24.3 Å². The van der Waals surface area contributed by atoms with Gasteiger partial charge in [-0.15, -0.1) is 0 Å². The van der Waals surface area contributed by atoms with Crippen LogP contribution in [0, 0.1) is 0 Å². The lowest BCUT2D eigenvalue weighted by atomic mass is 10.0. The maximum atomic E-state index is 11.8. The highest BCUT2D eigenvalue weighted by molar-refractivity contribution is 6.04. The minimum Gasteiger partial charge on any atom is -0.330 e. The number of para-hydroxylation sites is 1. The third-order valence-electron chi connectivity index (χ3n) is 2.15. The minimum atomic E-state index is -0.181. The van der Waals surface area contributed by atoms with Crippen molar-refractivity contribution in [3.63, 3.8) is 0 Å². The molecule has 1 rings (SSSR count). The molecule has 0 radical (unpaired) electrons. The number of ketones is 1. The van der Waals surface area contributed by atoms with Crippen molar-refractivity contribution < 1.29 is 9.59 Å². The molecule has 1 aromatic carbocycles. The summed E-state index contributed by atoms with van der Waals surface area (Å²) in [5.41, 5.74) is 6.47. The fraction of sp³-hybridized carbons (Fsp3) is 0.333. The van der Waals surface area contributed by atoms with Crippen molar-refractivity contribution in [3.05, 3.63) is 29.8 Å². The van der Waals surface area contributed by atoms with Crippen LogP contribution in [0.2, 0.25) is 0 Å². The van der Waals surface area contributed by atoms with Crippen molar-refractivity contribution >= 4 is 17.4 Å². The highest BCUT2D eigenvalue weighted by Gasteiger charge is 2.10. The number of nitrogens with two attached hydrogens (primary N) is 1. The topological polar surface area (TPSA) is 72.2 Å². The summed E-state index contributed by atoms with van der Waals surface area (Å²) in [5, 5.41) is 2.64. The zero-order valence-corrected chi connectivity index (χ0v) is 9.32. The van der Waals surface area contributed by atoms with Gasteiger partial charge in [-0.2, -0.15) is 0 Å². The van der Waals surface area contributed by atoms with Gasteiger partial charge in [-0.25, -0.2) is 0 Å². The zero-order valence-electron chi connectivity index (χ0n) is 9.32. The normalized spacial score (nSPS) is 9.88. The second kappa shape index (κ2) is 6.02. The highest BCUT2D eigenvalue weighted by Crippen LogP contribution is 2.17. The maximum absolute atomic E-state index is 11.8. The molecule has 0 bridgehead atoms. The average Bonchev–Trinajstić information content (AvgIpc) is 2.26. The first-order valence-electron chi connectivity index (χ1n) is 5.25. The number of carbonyl (C=O) groups is 2. The third-order valence-corrected chi connectivity index (χ3v) is 2.15. The van der Waals surface area contributed by atoms with E-state index in [9.17, 15) is 9.59 Å².